The summed E-state index contributed by atoms with van der Waals surface area (Å²) in [7, 11) is 0. The monoisotopic (exact) mass is 336 g/mol. The van der Waals surface area contributed by atoms with Crippen molar-refractivity contribution in [3.05, 3.63) is 13.8 Å². The van der Waals surface area contributed by atoms with Crippen LogP contribution in [-0.4, -0.2) is 0 Å². The second-order valence-corrected chi connectivity index (χ2v) is 7.86. The third-order valence-electron chi connectivity index (χ3n) is 5.55. The van der Waals surface area contributed by atoms with Gasteiger partial charge in [-0.25, -0.2) is 0 Å². The molecule has 0 aromatic carbocycles. The summed E-state index contributed by atoms with van der Waals surface area (Å²) in [6.07, 6.45) is 28.1. The molecule has 0 spiro atoms. The minimum Gasteiger partial charge on any atom is -0.0651 e. The van der Waals surface area contributed by atoms with E-state index < -0.39 is 0 Å². The van der Waals surface area contributed by atoms with Crippen LogP contribution in [0.25, 0.3) is 0 Å². The molecule has 144 valence electrons. The SMILES string of the molecule is [CH2]CCCCCCCCCCCCCC(CC)CCCCCC[CH2]. The summed E-state index contributed by atoms with van der Waals surface area (Å²) in [6.45, 7) is 10.2. The Balaban J connectivity index is 3.23. The molecule has 0 fully saturated rings. The van der Waals surface area contributed by atoms with Gasteiger partial charge in [0.25, 0.3) is 0 Å². The Morgan fingerprint density at radius 2 is 0.750 bits per heavy atom. The van der Waals surface area contributed by atoms with Crippen LogP contribution in [0, 0.1) is 19.8 Å². The van der Waals surface area contributed by atoms with E-state index in [0.29, 0.717) is 0 Å². The van der Waals surface area contributed by atoms with E-state index in [2.05, 4.69) is 20.8 Å². The average Bonchev–Trinajstić information content (AvgIpc) is 2.60. The molecule has 0 aliphatic heterocycles. The number of rotatable bonds is 20. The summed E-state index contributed by atoms with van der Waals surface area (Å²) in [5.41, 5.74) is 0. The van der Waals surface area contributed by atoms with Crippen LogP contribution in [0.3, 0.4) is 0 Å². The van der Waals surface area contributed by atoms with Gasteiger partial charge in [-0.15, -0.1) is 0 Å². The van der Waals surface area contributed by atoms with Gasteiger partial charge in [0.1, 0.15) is 0 Å². The molecule has 0 N–H and O–H groups in total. The maximum Gasteiger partial charge on any atom is -0.0417 e. The van der Waals surface area contributed by atoms with E-state index in [1.165, 1.54) is 116 Å². The first-order valence-electron chi connectivity index (χ1n) is 11.4. The first-order chi connectivity index (χ1) is 11.8. The molecule has 2 radical (unpaired) electrons. The van der Waals surface area contributed by atoms with Crippen LogP contribution in [0.15, 0.2) is 0 Å². The van der Waals surface area contributed by atoms with Crippen molar-refractivity contribution >= 4 is 0 Å². The Kier molecular flexibility index (Phi) is 21.0. The van der Waals surface area contributed by atoms with Crippen molar-refractivity contribution < 1.29 is 0 Å². The Morgan fingerprint density at radius 1 is 0.458 bits per heavy atom. The van der Waals surface area contributed by atoms with Crippen LogP contribution in [0.4, 0.5) is 0 Å². The molecule has 0 aliphatic rings. The first kappa shape index (κ1) is 24.0. The smallest absolute Gasteiger partial charge is 0.0417 e. The lowest BCUT2D eigenvalue weighted by Gasteiger charge is -2.14. The predicted molar refractivity (Wildman–Crippen MR) is 112 cm³/mol. The van der Waals surface area contributed by atoms with Gasteiger partial charge in [0.2, 0.25) is 0 Å². The fourth-order valence-corrected chi connectivity index (χ4v) is 3.72. The standard InChI is InChI=1S/C24H48/c1-4-7-9-11-12-13-14-15-16-17-19-21-23-24(6-3)22-20-18-10-8-5-2/h24H,1-2,4-23H2,3H3. The third kappa shape index (κ3) is 18.3. The van der Waals surface area contributed by atoms with Crippen molar-refractivity contribution in [3.8, 4) is 0 Å². The molecule has 1 unspecified atom stereocenters. The Bertz CT molecular complexity index is 208. The number of unbranched alkanes of at least 4 members (excludes halogenated alkanes) is 15. The zero-order chi connectivity index (χ0) is 17.7. The van der Waals surface area contributed by atoms with Gasteiger partial charge in [-0.3, -0.25) is 0 Å². The molecule has 0 bridgehead atoms. The minimum atomic E-state index is 1.00. The third-order valence-corrected chi connectivity index (χ3v) is 5.55. The molecule has 0 nitrogen and oxygen atoms in total. The van der Waals surface area contributed by atoms with Crippen LogP contribution in [0.2, 0.25) is 0 Å². The fourth-order valence-electron chi connectivity index (χ4n) is 3.72. The molecular formula is C24H48. The highest BCUT2D eigenvalue weighted by molar-refractivity contribution is 4.59. The quantitative estimate of drug-likeness (QED) is 0.194. The number of hydrogen-bond acceptors (Lipinski definition) is 0. The van der Waals surface area contributed by atoms with Crippen LogP contribution < -0.4 is 0 Å². The molecule has 0 aromatic heterocycles. The van der Waals surface area contributed by atoms with E-state index in [1.807, 2.05) is 0 Å². The zero-order valence-electron chi connectivity index (χ0n) is 17.1. The van der Waals surface area contributed by atoms with Gasteiger partial charge in [-0.2, -0.15) is 0 Å². The Morgan fingerprint density at radius 3 is 1.04 bits per heavy atom. The highest BCUT2D eigenvalue weighted by atomic mass is 14.1. The molecule has 0 aromatic rings. The van der Waals surface area contributed by atoms with Crippen molar-refractivity contribution in [2.24, 2.45) is 5.92 Å². The van der Waals surface area contributed by atoms with Gasteiger partial charge < -0.3 is 0 Å². The van der Waals surface area contributed by atoms with Gasteiger partial charge in [-0.05, 0) is 5.92 Å². The summed E-state index contributed by atoms with van der Waals surface area (Å²) in [6, 6.07) is 0. The maximum absolute atomic E-state index is 3.93. The molecular weight excluding hydrogens is 288 g/mol. The lowest BCUT2D eigenvalue weighted by molar-refractivity contribution is 0.393. The van der Waals surface area contributed by atoms with Gasteiger partial charge in [0.05, 0.1) is 0 Å². The summed E-state index contributed by atoms with van der Waals surface area (Å²) in [5.74, 6) is 1.00. The summed E-state index contributed by atoms with van der Waals surface area (Å²) < 4.78 is 0. The van der Waals surface area contributed by atoms with Gasteiger partial charge in [-0.1, -0.05) is 149 Å². The van der Waals surface area contributed by atoms with Crippen molar-refractivity contribution in [1.82, 2.24) is 0 Å². The molecule has 0 heterocycles. The van der Waals surface area contributed by atoms with E-state index in [9.17, 15) is 0 Å². The highest BCUT2D eigenvalue weighted by Crippen LogP contribution is 2.21. The molecule has 24 heavy (non-hydrogen) atoms. The van der Waals surface area contributed by atoms with E-state index >= 15 is 0 Å². The van der Waals surface area contributed by atoms with Gasteiger partial charge in [0, 0.05) is 0 Å². The molecule has 0 aliphatic carbocycles. The van der Waals surface area contributed by atoms with E-state index in [-0.39, 0.29) is 0 Å². The Labute approximate surface area is 155 Å². The van der Waals surface area contributed by atoms with E-state index in [0.717, 1.165) is 18.8 Å². The maximum atomic E-state index is 3.93. The van der Waals surface area contributed by atoms with Crippen LogP contribution in [0.5, 0.6) is 0 Å². The first-order valence-corrected chi connectivity index (χ1v) is 11.4. The van der Waals surface area contributed by atoms with Gasteiger partial charge >= 0.3 is 0 Å². The van der Waals surface area contributed by atoms with Crippen LogP contribution >= 0.6 is 0 Å². The largest absolute Gasteiger partial charge is 0.0651 e. The lowest BCUT2D eigenvalue weighted by atomic mass is 9.92. The molecule has 0 saturated carbocycles. The summed E-state index contributed by atoms with van der Waals surface area (Å²) >= 11 is 0. The second kappa shape index (κ2) is 21.0. The minimum absolute atomic E-state index is 1.00. The van der Waals surface area contributed by atoms with Crippen molar-refractivity contribution in [3.63, 3.8) is 0 Å². The van der Waals surface area contributed by atoms with Gasteiger partial charge in [0.15, 0.2) is 0 Å². The lowest BCUT2D eigenvalue weighted by Crippen LogP contribution is -1.99. The average molecular weight is 337 g/mol. The normalized spacial score (nSPS) is 12.6. The fraction of sp³-hybridized carbons (Fsp3) is 0.917. The van der Waals surface area contributed by atoms with Crippen molar-refractivity contribution in [1.29, 1.82) is 0 Å². The summed E-state index contributed by atoms with van der Waals surface area (Å²) in [4.78, 5) is 0. The number of hydrogen-bond donors (Lipinski definition) is 0. The predicted octanol–water partition coefficient (Wildman–Crippen LogP) is 9.09. The second-order valence-electron chi connectivity index (χ2n) is 7.86. The van der Waals surface area contributed by atoms with Crippen LogP contribution in [-0.2, 0) is 0 Å². The molecule has 1 atom stereocenters. The summed E-state index contributed by atoms with van der Waals surface area (Å²) in [5, 5.41) is 0. The van der Waals surface area contributed by atoms with E-state index in [1.54, 1.807) is 0 Å². The zero-order valence-corrected chi connectivity index (χ0v) is 17.1. The molecule has 0 heteroatoms. The topological polar surface area (TPSA) is 0 Å². The van der Waals surface area contributed by atoms with Crippen LogP contribution in [0.1, 0.15) is 135 Å². The Hall–Kier alpha value is 0. The van der Waals surface area contributed by atoms with E-state index in [4.69, 9.17) is 0 Å². The van der Waals surface area contributed by atoms with Crippen molar-refractivity contribution in [2.75, 3.05) is 0 Å². The highest BCUT2D eigenvalue weighted by Gasteiger charge is 2.05. The van der Waals surface area contributed by atoms with Crippen molar-refractivity contribution in [2.45, 2.75) is 135 Å². The molecule has 0 rings (SSSR count). The molecule has 0 saturated heterocycles. The molecule has 0 amide bonds.